The van der Waals surface area contributed by atoms with Gasteiger partial charge in [-0.3, -0.25) is 9.59 Å². The van der Waals surface area contributed by atoms with Crippen molar-refractivity contribution in [2.45, 2.75) is 55.4 Å². The van der Waals surface area contributed by atoms with Crippen molar-refractivity contribution >= 4 is 29.5 Å². The van der Waals surface area contributed by atoms with Crippen molar-refractivity contribution in [1.82, 2.24) is 15.5 Å². The Kier molecular flexibility index (Phi) is 3.72. The highest BCUT2D eigenvalue weighted by atomic mass is 32.2. The van der Waals surface area contributed by atoms with Crippen molar-refractivity contribution in [3.8, 4) is 5.75 Å². The molecule has 0 bridgehead atoms. The van der Waals surface area contributed by atoms with E-state index in [2.05, 4.69) is 10.2 Å². The molecule has 0 aromatic heterocycles. The lowest BCUT2D eigenvalue weighted by molar-refractivity contribution is -0.161. The zero-order valence-corrected chi connectivity index (χ0v) is 17.1. The van der Waals surface area contributed by atoms with Crippen LogP contribution in [0.2, 0.25) is 2.82 Å². The smallest absolute Gasteiger partial charge is 0.327 e. The van der Waals surface area contributed by atoms with E-state index in [0.29, 0.717) is 22.2 Å². The highest BCUT2D eigenvalue weighted by Crippen LogP contribution is 2.50. The summed E-state index contributed by atoms with van der Waals surface area (Å²) < 4.78 is 29.9. The van der Waals surface area contributed by atoms with Gasteiger partial charge in [-0.1, -0.05) is 12.1 Å². The standard InChI is InChI=1S/C19H25N3O5S/c1-9-8-10(6-7-11(9)23)19(4,20-5)17(27)21-12-14(24)22-13(16(25)26)18(2,3)28-15(12)22/h6-8,12-13,15,20,23H,1-5H3,(H,21,27)(H,25,26)/t12-,13+,15-,19-/m1/s1/i/hD4. The van der Waals surface area contributed by atoms with E-state index in [9.17, 15) is 14.4 Å². The molecule has 2 heterocycles. The fourth-order valence-electron chi connectivity index (χ4n) is 3.64. The third-order valence-corrected chi connectivity index (χ3v) is 7.05. The van der Waals surface area contributed by atoms with Crippen LogP contribution in [0.3, 0.4) is 0 Å². The van der Waals surface area contributed by atoms with Crippen LogP contribution in [0.1, 0.15) is 31.9 Å². The normalized spacial score (nSPS) is 29.4. The first-order chi connectivity index (χ1) is 14.8. The van der Waals surface area contributed by atoms with E-state index < -0.39 is 45.5 Å². The molecule has 0 radical (unpaired) electrons. The molecule has 1 aromatic carbocycles. The van der Waals surface area contributed by atoms with E-state index in [1.165, 1.54) is 42.8 Å². The van der Waals surface area contributed by atoms with Gasteiger partial charge in [0.05, 0.1) is 0 Å². The number of hydrogen-bond acceptors (Lipinski definition) is 7. The summed E-state index contributed by atoms with van der Waals surface area (Å²) in [5, 5.41) is 9.47. The van der Waals surface area contributed by atoms with Crippen LogP contribution in [-0.4, -0.2) is 63.6 Å². The van der Waals surface area contributed by atoms with Crippen LogP contribution in [0.15, 0.2) is 18.2 Å². The summed E-state index contributed by atoms with van der Waals surface area (Å²) in [6.45, 7) is 6.64. The molecule has 1 aromatic rings. The molecule has 8 nitrogen and oxygen atoms in total. The van der Waals surface area contributed by atoms with Gasteiger partial charge >= 0.3 is 5.97 Å². The van der Waals surface area contributed by atoms with Gasteiger partial charge in [0, 0.05) is 4.75 Å². The Balaban J connectivity index is 1.92. The molecule has 9 heteroatoms. The summed E-state index contributed by atoms with van der Waals surface area (Å²) in [6, 6.07) is 2.50. The number of nitrogens with zero attached hydrogens (tertiary/aromatic N) is 1. The summed E-state index contributed by atoms with van der Waals surface area (Å²) >= 11 is 1.26. The molecule has 2 aliphatic rings. The molecule has 0 saturated carbocycles. The zero-order valence-electron chi connectivity index (χ0n) is 20.3. The average Bonchev–Trinajstić information content (AvgIpc) is 2.98. The number of rotatable bonds is 6. The molecule has 28 heavy (non-hydrogen) atoms. The largest absolute Gasteiger partial charge is 0.508 e. The summed E-state index contributed by atoms with van der Waals surface area (Å²) in [6.07, 6.45) is 0. The van der Waals surface area contributed by atoms with Crippen LogP contribution in [-0.2, 0) is 19.9 Å². The lowest BCUT2D eigenvalue weighted by atomic mass is 9.88. The SMILES string of the molecule is [2H]OC(=O)[C@@H]1N2C(=O)[C@@H](N([2H])C(=O)[C@@](C)(c3ccc(O[2H])c(C)c3)N([2H])C)[C@H]2SC1(C)C. The second-order valence-corrected chi connectivity index (χ2v) is 9.51. The van der Waals surface area contributed by atoms with E-state index in [4.69, 9.17) is 5.69 Å². The number of thioether (sulfide) groups is 1. The Morgan fingerprint density at radius 3 is 2.71 bits per heavy atom. The molecule has 0 spiro atoms. The maximum Gasteiger partial charge on any atom is 0.327 e. The number of likely N-dealkylation sites (N-methyl/N-ethyl adjacent to an activating group) is 1. The summed E-state index contributed by atoms with van der Waals surface area (Å²) in [5.74, 6) is -1.96. The van der Waals surface area contributed by atoms with Crippen LogP contribution in [0.4, 0.5) is 0 Å². The molecule has 2 aliphatic heterocycles. The second kappa shape index (κ2) is 6.66. The van der Waals surface area contributed by atoms with Gasteiger partial charge in [-0.25, -0.2) is 4.79 Å². The number of aryl methyl sites for hydroxylation is 1. The van der Waals surface area contributed by atoms with Crippen LogP contribution < -0.4 is 10.6 Å². The maximum atomic E-state index is 13.5. The molecule has 2 fully saturated rings. The average molecular weight is 412 g/mol. The number of aliphatic carboxylic acids is 1. The van der Waals surface area contributed by atoms with Crippen molar-refractivity contribution in [2.24, 2.45) is 0 Å². The fraction of sp³-hybridized carbons (Fsp3) is 0.526. The summed E-state index contributed by atoms with van der Waals surface area (Å²) in [4.78, 5) is 39.7. The number of β-lactam (4-membered cyclic amide) rings is 1. The Morgan fingerprint density at radius 2 is 2.14 bits per heavy atom. The first kappa shape index (κ1) is 15.6. The number of phenols is 1. The number of carbonyl (C=O) groups is 3. The van der Waals surface area contributed by atoms with Gasteiger partial charge in [0.2, 0.25) is 11.8 Å². The van der Waals surface area contributed by atoms with E-state index in [0.717, 1.165) is 5.31 Å². The molecular weight excluding hydrogens is 382 g/mol. The molecule has 4 N–H and O–H groups in total. The number of benzene rings is 1. The molecule has 4 atom stereocenters. The minimum atomic E-state index is -1.61. The monoisotopic (exact) mass is 411 g/mol. The molecule has 0 aliphatic carbocycles. The molecule has 152 valence electrons. The van der Waals surface area contributed by atoms with Crippen molar-refractivity contribution in [2.75, 3.05) is 7.05 Å². The Bertz CT molecular complexity index is 965. The van der Waals surface area contributed by atoms with Crippen molar-refractivity contribution in [3.05, 3.63) is 29.3 Å². The third kappa shape index (κ3) is 2.93. The molecule has 3 rings (SSSR count). The predicted molar refractivity (Wildman–Crippen MR) is 105 cm³/mol. The van der Waals surface area contributed by atoms with Crippen LogP contribution in [0, 0.1) is 6.92 Å². The van der Waals surface area contributed by atoms with Crippen LogP contribution >= 0.6 is 11.8 Å². The van der Waals surface area contributed by atoms with Gasteiger partial charge in [-0.05, 0) is 51.9 Å². The van der Waals surface area contributed by atoms with Crippen molar-refractivity contribution in [3.63, 3.8) is 0 Å². The number of carboxylic acids is 1. The maximum absolute atomic E-state index is 13.5. The number of nitrogens with one attached hydrogen (secondary N) is 2. The van der Waals surface area contributed by atoms with Gasteiger partial charge in [-0.15, -0.1) is 11.8 Å². The van der Waals surface area contributed by atoms with E-state index in [1.807, 2.05) is 0 Å². The van der Waals surface area contributed by atoms with Crippen molar-refractivity contribution in [1.29, 1.82) is 2.86 Å². The minimum Gasteiger partial charge on any atom is -0.508 e. The number of carbonyl (C=O) groups excluding carboxylic acids is 2. The van der Waals surface area contributed by atoms with E-state index >= 15 is 0 Å². The summed E-state index contributed by atoms with van der Waals surface area (Å²) in [5.41, 5.74) is -0.633. The fourth-order valence-corrected chi connectivity index (χ4v) is 5.25. The Labute approximate surface area is 173 Å². The van der Waals surface area contributed by atoms with E-state index in [-0.39, 0.29) is 0 Å². The van der Waals surface area contributed by atoms with Gasteiger partial charge < -0.3 is 25.7 Å². The van der Waals surface area contributed by atoms with E-state index in [1.54, 1.807) is 26.8 Å². The highest BCUT2D eigenvalue weighted by Gasteiger charge is 2.64. The number of aromatic hydroxyl groups is 1. The van der Waals surface area contributed by atoms with Gasteiger partial charge in [0.1, 0.15) is 30.2 Å². The van der Waals surface area contributed by atoms with Gasteiger partial charge in [0.25, 0.3) is 2.86 Å². The molecule has 2 saturated heterocycles. The zero-order chi connectivity index (χ0) is 24.2. The number of carboxylic acid groups (broad SMARTS) is 1. The van der Waals surface area contributed by atoms with Crippen LogP contribution in [0.5, 0.6) is 5.75 Å². The number of amides is 2. The lowest BCUT2D eigenvalue weighted by Gasteiger charge is -2.44. The quantitative estimate of drug-likeness (QED) is 0.511. The first-order valence-electron chi connectivity index (χ1n) is 10.5. The number of fused-ring (bicyclic) bond motifs is 1. The number of phenolic OH excluding ortho intramolecular Hbond substituents is 1. The molecule has 0 unspecified atom stereocenters. The van der Waals surface area contributed by atoms with Crippen molar-refractivity contribution < 1.29 is 27.4 Å². The first-order valence-corrected chi connectivity index (χ1v) is 9.67. The number of hydrogen-bond donors (Lipinski definition) is 4. The lowest BCUT2D eigenvalue weighted by Crippen LogP contribution is -2.72. The Hall–Kier alpha value is -2.26. The highest BCUT2D eigenvalue weighted by molar-refractivity contribution is 8.01. The Morgan fingerprint density at radius 1 is 1.43 bits per heavy atom. The van der Waals surface area contributed by atoms with Gasteiger partial charge in [-0.2, -0.15) is 0 Å². The molecular formula is C19H25N3O5S. The van der Waals surface area contributed by atoms with Crippen LogP contribution in [0.25, 0.3) is 1.43 Å². The van der Waals surface area contributed by atoms with Gasteiger partial charge in [0.15, 0.2) is 1.41 Å². The topological polar surface area (TPSA) is 119 Å². The predicted octanol–water partition coefficient (Wildman–Crippen LogP) is 0.767. The minimum absolute atomic E-state index is 0.292. The summed E-state index contributed by atoms with van der Waals surface area (Å²) in [7, 11) is 1.37. The third-order valence-electron chi connectivity index (χ3n) is 5.49. The molecule has 2 amide bonds. The second-order valence-electron chi connectivity index (χ2n) is 7.73.